The first-order valence-electron chi connectivity index (χ1n) is 5.83. The summed E-state index contributed by atoms with van der Waals surface area (Å²) in [4.78, 5) is 22.2. The lowest BCUT2D eigenvalue weighted by atomic mass is 10.1. The van der Waals surface area contributed by atoms with E-state index in [1.807, 2.05) is 0 Å². The van der Waals surface area contributed by atoms with Gasteiger partial charge in [-0.1, -0.05) is 23.4 Å². The van der Waals surface area contributed by atoms with Gasteiger partial charge in [0.15, 0.2) is 5.82 Å². The van der Waals surface area contributed by atoms with Gasteiger partial charge in [-0.2, -0.15) is 5.21 Å². The van der Waals surface area contributed by atoms with E-state index in [2.05, 4.69) is 25.9 Å². The Morgan fingerprint density at radius 3 is 2.90 bits per heavy atom. The van der Waals surface area contributed by atoms with Crippen LogP contribution in [0.2, 0.25) is 0 Å². The lowest BCUT2D eigenvalue weighted by molar-refractivity contribution is -0.385. The van der Waals surface area contributed by atoms with Crippen LogP contribution in [0.25, 0.3) is 0 Å². The minimum absolute atomic E-state index is 0.0742. The molecule has 2 N–H and O–H groups in total. The van der Waals surface area contributed by atoms with E-state index in [9.17, 15) is 14.9 Å². The molecule has 2 aromatic rings. The summed E-state index contributed by atoms with van der Waals surface area (Å²) >= 11 is 0. The molecule has 0 bridgehead atoms. The first kappa shape index (κ1) is 13.6. The van der Waals surface area contributed by atoms with E-state index in [-0.39, 0.29) is 18.0 Å². The Kier molecular flexibility index (Phi) is 3.99. The van der Waals surface area contributed by atoms with Crippen LogP contribution in [0.1, 0.15) is 24.4 Å². The molecule has 0 saturated carbocycles. The van der Waals surface area contributed by atoms with E-state index in [0.717, 1.165) is 0 Å². The van der Waals surface area contributed by atoms with Crippen LogP contribution in [-0.2, 0) is 11.2 Å². The van der Waals surface area contributed by atoms with Crippen LogP contribution < -0.4 is 5.32 Å². The standard InChI is InChI=1S/C11H12N6O3/c1-7(11-13-15-16-14-11)12-10(18)6-8-4-2-3-5-9(8)17(19)20/h2-5,7H,6H2,1H3,(H,12,18)(H,13,14,15,16). The number of benzene rings is 1. The second-order valence-electron chi connectivity index (χ2n) is 4.12. The number of nitro groups is 1. The molecule has 104 valence electrons. The first-order valence-corrected chi connectivity index (χ1v) is 5.83. The summed E-state index contributed by atoms with van der Waals surface area (Å²) in [7, 11) is 0. The molecule has 1 unspecified atom stereocenters. The zero-order chi connectivity index (χ0) is 14.5. The molecule has 2 rings (SSSR count). The van der Waals surface area contributed by atoms with E-state index in [1.54, 1.807) is 25.1 Å². The predicted molar refractivity (Wildman–Crippen MR) is 67.5 cm³/mol. The smallest absolute Gasteiger partial charge is 0.273 e. The summed E-state index contributed by atoms with van der Waals surface area (Å²) in [6.45, 7) is 1.70. The van der Waals surface area contributed by atoms with Gasteiger partial charge in [0.2, 0.25) is 5.91 Å². The predicted octanol–water partition coefficient (Wildman–Crippen LogP) is 0.528. The van der Waals surface area contributed by atoms with E-state index in [4.69, 9.17) is 0 Å². The van der Waals surface area contributed by atoms with Crippen LogP contribution in [0.3, 0.4) is 0 Å². The van der Waals surface area contributed by atoms with Crippen molar-refractivity contribution in [3.8, 4) is 0 Å². The molecule has 20 heavy (non-hydrogen) atoms. The van der Waals surface area contributed by atoms with Gasteiger partial charge in [0.1, 0.15) is 0 Å². The Bertz CT molecular complexity index is 612. The molecule has 0 aliphatic rings. The molecule has 0 radical (unpaired) electrons. The van der Waals surface area contributed by atoms with E-state index in [0.29, 0.717) is 11.4 Å². The molecular formula is C11H12N6O3. The Hall–Kier alpha value is -2.84. The van der Waals surface area contributed by atoms with E-state index >= 15 is 0 Å². The van der Waals surface area contributed by atoms with Gasteiger partial charge in [0, 0.05) is 11.6 Å². The van der Waals surface area contributed by atoms with Gasteiger partial charge < -0.3 is 5.32 Å². The molecule has 1 heterocycles. The number of hydrogen-bond donors (Lipinski definition) is 2. The molecule has 1 aromatic carbocycles. The molecule has 0 aliphatic heterocycles. The van der Waals surface area contributed by atoms with Crippen molar-refractivity contribution >= 4 is 11.6 Å². The third-order valence-corrected chi connectivity index (χ3v) is 2.67. The van der Waals surface area contributed by atoms with Crippen LogP contribution in [-0.4, -0.2) is 31.5 Å². The largest absolute Gasteiger partial charge is 0.346 e. The number of amides is 1. The Morgan fingerprint density at radius 1 is 1.50 bits per heavy atom. The summed E-state index contributed by atoms with van der Waals surface area (Å²) in [6.07, 6.45) is -0.0840. The monoisotopic (exact) mass is 276 g/mol. The van der Waals surface area contributed by atoms with Crippen molar-refractivity contribution in [2.45, 2.75) is 19.4 Å². The summed E-state index contributed by atoms with van der Waals surface area (Å²) in [6, 6.07) is 5.70. The second-order valence-corrected chi connectivity index (χ2v) is 4.12. The number of tetrazole rings is 1. The van der Waals surface area contributed by atoms with Gasteiger partial charge in [-0.3, -0.25) is 14.9 Å². The molecule has 0 aliphatic carbocycles. The van der Waals surface area contributed by atoms with Gasteiger partial charge in [-0.15, -0.1) is 10.2 Å². The Balaban J connectivity index is 2.03. The van der Waals surface area contributed by atoms with Crippen molar-refractivity contribution in [3.05, 3.63) is 45.8 Å². The number of nitro benzene ring substituents is 1. The fraction of sp³-hybridized carbons (Fsp3) is 0.273. The number of para-hydroxylation sites is 1. The van der Waals surface area contributed by atoms with Crippen LogP contribution in [0.5, 0.6) is 0 Å². The highest BCUT2D eigenvalue weighted by atomic mass is 16.6. The number of nitrogens with zero attached hydrogens (tertiary/aromatic N) is 4. The second kappa shape index (κ2) is 5.87. The van der Waals surface area contributed by atoms with Crippen LogP contribution in [0.15, 0.2) is 24.3 Å². The average Bonchev–Trinajstić information content (AvgIpc) is 2.92. The van der Waals surface area contributed by atoms with Crippen molar-refractivity contribution in [2.75, 3.05) is 0 Å². The van der Waals surface area contributed by atoms with Gasteiger partial charge in [-0.25, -0.2) is 0 Å². The Labute approximate surface area is 113 Å². The van der Waals surface area contributed by atoms with Gasteiger partial charge in [-0.05, 0) is 6.92 Å². The highest BCUT2D eigenvalue weighted by Crippen LogP contribution is 2.18. The third-order valence-electron chi connectivity index (χ3n) is 2.67. The Morgan fingerprint density at radius 2 is 2.25 bits per heavy atom. The van der Waals surface area contributed by atoms with Crippen LogP contribution in [0, 0.1) is 10.1 Å². The van der Waals surface area contributed by atoms with Gasteiger partial charge in [0.05, 0.1) is 17.4 Å². The van der Waals surface area contributed by atoms with Crippen molar-refractivity contribution in [2.24, 2.45) is 0 Å². The normalized spacial score (nSPS) is 11.8. The topological polar surface area (TPSA) is 127 Å². The molecule has 0 saturated heterocycles. The molecule has 0 spiro atoms. The lowest BCUT2D eigenvalue weighted by Crippen LogP contribution is -2.29. The number of nitrogens with one attached hydrogen (secondary N) is 2. The zero-order valence-electron chi connectivity index (χ0n) is 10.6. The van der Waals surface area contributed by atoms with Gasteiger partial charge in [0.25, 0.3) is 5.69 Å². The number of aromatic amines is 1. The third kappa shape index (κ3) is 3.13. The molecule has 1 atom stereocenters. The van der Waals surface area contributed by atoms with Crippen molar-refractivity contribution < 1.29 is 9.72 Å². The number of H-pyrrole nitrogens is 1. The number of carbonyl (C=O) groups excluding carboxylic acids is 1. The summed E-state index contributed by atoms with van der Waals surface area (Å²) in [5.41, 5.74) is 0.283. The van der Waals surface area contributed by atoms with Gasteiger partial charge >= 0.3 is 0 Å². The number of carbonyl (C=O) groups is 1. The fourth-order valence-electron chi connectivity index (χ4n) is 1.72. The lowest BCUT2D eigenvalue weighted by Gasteiger charge is -2.09. The minimum atomic E-state index is -0.509. The maximum absolute atomic E-state index is 11.9. The van der Waals surface area contributed by atoms with Crippen LogP contribution >= 0.6 is 0 Å². The van der Waals surface area contributed by atoms with Crippen molar-refractivity contribution in [3.63, 3.8) is 0 Å². The highest BCUT2D eigenvalue weighted by molar-refractivity contribution is 5.80. The van der Waals surface area contributed by atoms with E-state index < -0.39 is 11.0 Å². The summed E-state index contributed by atoms with van der Waals surface area (Å²) in [5.74, 6) is -0.00230. The maximum atomic E-state index is 11.9. The maximum Gasteiger partial charge on any atom is 0.273 e. The SMILES string of the molecule is CC(NC(=O)Cc1ccccc1[N+](=O)[O-])c1nn[nH]n1. The molecule has 0 fully saturated rings. The molecule has 1 aromatic heterocycles. The highest BCUT2D eigenvalue weighted by Gasteiger charge is 2.18. The van der Waals surface area contributed by atoms with Crippen molar-refractivity contribution in [1.82, 2.24) is 25.9 Å². The summed E-state index contributed by atoms with van der Waals surface area (Å²) in [5, 5.41) is 26.7. The minimum Gasteiger partial charge on any atom is -0.346 e. The number of hydrogen-bond acceptors (Lipinski definition) is 6. The fourth-order valence-corrected chi connectivity index (χ4v) is 1.72. The molecule has 9 heteroatoms. The number of rotatable bonds is 5. The molecular weight excluding hydrogens is 264 g/mol. The first-order chi connectivity index (χ1) is 9.58. The molecule has 9 nitrogen and oxygen atoms in total. The average molecular weight is 276 g/mol. The number of aromatic nitrogens is 4. The van der Waals surface area contributed by atoms with Crippen molar-refractivity contribution in [1.29, 1.82) is 0 Å². The quantitative estimate of drug-likeness (QED) is 0.605. The summed E-state index contributed by atoms with van der Waals surface area (Å²) < 4.78 is 0. The van der Waals surface area contributed by atoms with E-state index in [1.165, 1.54) is 6.07 Å². The zero-order valence-corrected chi connectivity index (χ0v) is 10.6. The van der Waals surface area contributed by atoms with Crippen LogP contribution in [0.4, 0.5) is 5.69 Å². The molecule has 1 amide bonds.